The minimum absolute atomic E-state index is 0.412. The number of hydrogen-bond donors (Lipinski definition) is 0. The van der Waals surface area contributed by atoms with Gasteiger partial charge in [-0.1, -0.05) is 23.7 Å². The zero-order valence-corrected chi connectivity index (χ0v) is 9.05. The Bertz CT molecular complexity index is 514. The minimum Gasteiger partial charge on any atom is -0.218 e. The van der Waals surface area contributed by atoms with E-state index in [-0.39, 0.29) is 0 Å². The van der Waals surface area contributed by atoms with Crippen LogP contribution in [0.25, 0.3) is 11.3 Å². The summed E-state index contributed by atoms with van der Waals surface area (Å²) in [5.41, 5.74) is 1.73. The van der Waals surface area contributed by atoms with Gasteiger partial charge in [0.15, 0.2) is 0 Å². The molecule has 0 saturated carbocycles. The summed E-state index contributed by atoms with van der Waals surface area (Å²) >= 11 is 7.07. The number of benzene rings is 1. The highest BCUT2D eigenvalue weighted by Crippen LogP contribution is 2.26. The number of aliphatic imine (C=N–C) groups is 1. The van der Waals surface area contributed by atoms with E-state index < -0.39 is 0 Å². The molecule has 1 aromatic heterocycles. The first kappa shape index (κ1) is 10.1. The quantitative estimate of drug-likeness (QED) is 0.592. The van der Waals surface area contributed by atoms with Crippen LogP contribution in [-0.4, -0.2) is 11.1 Å². The maximum atomic E-state index is 10.0. The van der Waals surface area contributed by atoms with Crippen molar-refractivity contribution in [3.63, 3.8) is 0 Å². The third-order valence-electron chi connectivity index (χ3n) is 1.77. The summed E-state index contributed by atoms with van der Waals surface area (Å²) in [5, 5.41) is 2.93. The second-order valence-electron chi connectivity index (χ2n) is 2.73. The van der Waals surface area contributed by atoms with E-state index in [4.69, 9.17) is 11.6 Å². The molecule has 0 spiro atoms. The fourth-order valence-electron chi connectivity index (χ4n) is 1.11. The highest BCUT2D eigenvalue weighted by Gasteiger charge is 2.03. The summed E-state index contributed by atoms with van der Waals surface area (Å²) in [7, 11) is 0. The molecule has 0 saturated heterocycles. The second-order valence-corrected chi connectivity index (χ2v) is 4.00. The molecular weight excluding hydrogens is 232 g/mol. The predicted molar refractivity (Wildman–Crippen MR) is 60.3 cm³/mol. The Morgan fingerprint density at radius 3 is 2.73 bits per heavy atom. The molecule has 5 heteroatoms. The van der Waals surface area contributed by atoms with E-state index in [0.29, 0.717) is 10.2 Å². The zero-order valence-electron chi connectivity index (χ0n) is 7.48. The van der Waals surface area contributed by atoms with Crippen LogP contribution in [0, 0.1) is 0 Å². The molecule has 0 fully saturated rings. The van der Waals surface area contributed by atoms with E-state index in [2.05, 4.69) is 9.98 Å². The molecular formula is C10H5ClN2OS. The summed E-state index contributed by atoms with van der Waals surface area (Å²) in [5.74, 6) is 0. The number of hydrogen-bond acceptors (Lipinski definition) is 4. The number of rotatable bonds is 2. The maximum absolute atomic E-state index is 10.0. The number of aromatic nitrogens is 1. The van der Waals surface area contributed by atoms with E-state index in [1.165, 1.54) is 17.4 Å². The third kappa shape index (κ3) is 2.30. The normalized spacial score (nSPS) is 9.67. The molecule has 0 aliphatic heterocycles. The average molecular weight is 237 g/mol. The van der Waals surface area contributed by atoms with E-state index in [0.717, 1.165) is 11.3 Å². The number of isocyanates is 1. The molecule has 1 heterocycles. The van der Waals surface area contributed by atoms with E-state index >= 15 is 0 Å². The average Bonchev–Trinajstić information content (AvgIpc) is 2.68. The van der Waals surface area contributed by atoms with Gasteiger partial charge in [0.2, 0.25) is 11.2 Å². The Morgan fingerprint density at radius 1 is 1.33 bits per heavy atom. The van der Waals surface area contributed by atoms with Crippen LogP contribution in [0.5, 0.6) is 0 Å². The highest BCUT2D eigenvalue weighted by molar-refractivity contribution is 7.13. The Kier molecular flexibility index (Phi) is 2.92. The molecule has 0 bridgehead atoms. The first-order chi connectivity index (χ1) is 7.29. The van der Waals surface area contributed by atoms with Gasteiger partial charge in [0.05, 0.1) is 5.69 Å². The van der Waals surface area contributed by atoms with Gasteiger partial charge < -0.3 is 0 Å². The lowest BCUT2D eigenvalue weighted by molar-refractivity contribution is 0.565. The number of thiazole rings is 1. The predicted octanol–water partition coefficient (Wildman–Crippen LogP) is 3.43. The molecule has 0 N–H and O–H groups in total. The first-order valence-electron chi connectivity index (χ1n) is 4.09. The van der Waals surface area contributed by atoms with E-state index in [9.17, 15) is 4.79 Å². The summed E-state index contributed by atoms with van der Waals surface area (Å²) in [6, 6.07) is 7.31. The monoisotopic (exact) mass is 236 g/mol. The topological polar surface area (TPSA) is 42.3 Å². The fraction of sp³-hybridized carbons (Fsp3) is 0. The lowest BCUT2D eigenvalue weighted by Crippen LogP contribution is -1.75. The van der Waals surface area contributed by atoms with Crippen LogP contribution in [0.2, 0.25) is 5.02 Å². The molecule has 15 heavy (non-hydrogen) atoms. The molecule has 1 aromatic carbocycles. The van der Waals surface area contributed by atoms with Crippen molar-refractivity contribution >= 4 is 34.1 Å². The van der Waals surface area contributed by atoms with Crippen molar-refractivity contribution in [1.82, 2.24) is 4.98 Å². The SMILES string of the molecule is O=C=Nc1nc(-c2ccc(Cl)cc2)cs1. The van der Waals surface area contributed by atoms with Crippen molar-refractivity contribution in [2.75, 3.05) is 0 Å². The number of nitrogens with zero attached hydrogens (tertiary/aromatic N) is 2. The molecule has 0 aliphatic carbocycles. The van der Waals surface area contributed by atoms with Crippen LogP contribution in [0.1, 0.15) is 0 Å². The maximum Gasteiger partial charge on any atom is 0.242 e. The van der Waals surface area contributed by atoms with E-state index in [1.807, 2.05) is 17.5 Å². The molecule has 74 valence electrons. The van der Waals surface area contributed by atoms with Gasteiger partial charge in [-0.15, -0.1) is 16.3 Å². The second kappa shape index (κ2) is 4.36. The van der Waals surface area contributed by atoms with E-state index in [1.54, 1.807) is 12.1 Å². The lowest BCUT2D eigenvalue weighted by Gasteiger charge is -1.95. The van der Waals surface area contributed by atoms with Crippen molar-refractivity contribution in [3.8, 4) is 11.3 Å². The Labute approximate surface area is 95.1 Å². The fourth-order valence-corrected chi connectivity index (χ4v) is 1.88. The van der Waals surface area contributed by atoms with Crippen molar-refractivity contribution in [2.24, 2.45) is 4.99 Å². The molecule has 0 aliphatic rings. The largest absolute Gasteiger partial charge is 0.242 e. The van der Waals surface area contributed by atoms with Crippen LogP contribution >= 0.6 is 22.9 Å². The summed E-state index contributed by atoms with van der Waals surface area (Å²) in [4.78, 5) is 17.6. The summed E-state index contributed by atoms with van der Waals surface area (Å²) in [6.45, 7) is 0. The number of halogens is 1. The molecule has 0 radical (unpaired) electrons. The van der Waals surface area contributed by atoms with Crippen molar-refractivity contribution in [2.45, 2.75) is 0 Å². The van der Waals surface area contributed by atoms with Crippen LogP contribution in [0.15, 0.2) is 34.6 Å². The smallest absolute Gasteiger partial charge is 0.218 e. The molecule has 2 rings (SSSR count). The van der Waals surface area contributed by atoms with Crippen molar-refractivity contribution < 1.29 is 4.79 Å². The molecule has 0 unspecified atom stereocenters. The van der Waals surface area contributed by atoms with Gasteiger partial charge in [0.1, 0.15) is 0 Å². The zero-order chi connectivity index (χ0) is 10.7. The summed E-state index contributed by atoms with van der Waals surface area (Å²) < 4.78 is 0. The van der Waals surface area contributed by atoms with Gasteiger partial charge in [-0.2, -0.15) is 0 Å². The van der Waals surface area contributed by atoms with Gasteiger partial charge in [0, 0.05) is 16.0 Å². The number of carbonyl (C=O) groups excluding carboxylic acids is 1. The van der Waals surface area contributed by atoms with Crippen LogP contribution in [0.4, 0.5) is 5.13 Å². The van der Waals surface area contributed by atoms with Crippen molar-refractivity contribution in [3.05, 3.63) is 34.7 Å². The molecule has 0 amide bonds. The first-order valence-corrected chi connectivity index (χ1v) is 5.35. The summed E-state index contributed by atoms with van der Waals surface area (Å²) in [6.07, 6.45) is 1.46. The standard InChI is InChI=1S/C10H5ClN2OS/c11-8-3-1-7(2-4-8)9-5-15-10(13-9)12-6-14/h1-5H. The van der Waals surface area contributed by atoms with Gasteiger partial charge in [-0.05, 0) is 12.1 Å². The van der Waals surface area contributed by atoms with Crippen LogP contribution in [0.3, 0.4) is 0 Å². The molecule has 0 atom stereocenters. The molecule has 3 nitrogen and oxygen atoms in total. The lowest BCUT2D eigenvalue weighted by atomic mass is 10.2. The minimum atomic E-state index is 0.412. The van der Waals surface area contributed by atoms with Gasteiger partial charge in [-0.25, -0.2) is 9.78 Å². The van der Waals surface area contributed by atoms with Crippen LogP contribution < -0.4 is 0 Å². The Hall–Kier alpha value is -1.48. The van der Waals surface area contributed by atoms with Crippen LogP contribution in [-0.2, 0) is 4.79 Å². The van der Waals surface area contributed by atoms with Gasteiger partial charge in [-0.3, -0.25) is 0 Å². The van der Waals surface area contributed by atoms with Gasteiger partial charge >= 0.3 is 0 Å². The van der Waals surface area contributed by atoms with Crippen molar-refractivity contribution in [1.29, 1.82) is 0 Å². The Morgan fingerprint density at radius 2 is 2.07 bits per heavy atom. The van der Waals surface area contributed by atoms with Gasteiger partial charge in [0.25, 0.3) is 0 Å². The Balaban J connectivity index is 2.37. The highest BCUT2D eigenvalue weighted by atomic mass is 35.5. The third-order valence-corrected chi connectivity index (χ3v) is 2.76. The molecule has 2 aromatic rings.